The topological polar surface area (TPSA) is 87.7 Å². The molecule has 2 aromatic rings. The Hall–Kier alpha value is -2.13. The molecule has 0 aliphatic carbocycles. The molecule has 0 spiro atoms. The van der Waals surface area contributed by atoms with E-state index in [1.54, 1.807) is 37.9 Å². The second-order valence-electron chi connectivity index (χ2n) is 6.49. The van der Waals surface area contributed by atoms with Gasteiger partial charge in [-0.25, -0.2) is 4.79 Å². The summed E-state index contributed by atoms with van der Waals surface area (Å²) in [5.74, 6) is -1.27. The van der Waals surface area contributed by atoms with Gasteiger partial charge in [-0.15, -0.1) is 11.3 Å². The number of carbonyl (C=O) groups is 3. The molecular weight excluding hydrogens is 449 g/mol. The molecule has 10 heteroatoms. The van der Waals surface area contributed by atoms with E-state index in [1.807, 2.05) is 6.07 Å². The smallest absolute Gasteiger partial charge is 0.341 e. The number of thiophene rings is 1. The van der Waals surface area contributed by atoms with Gasteiger partial charge < -0.3 is 15.4 Å². The van der Waals surface area contributed by atoms with Crippen LogP contribution in [0, 0.1) is 6.92 Å². The molecular formula is C20H23Cl2N3O4S. The quantitative estimate of drug-likeness (QED) is 0.568. The molecule has 2 N–H and O–H groups in total. The Bertz CT molecular complexity index is 962. The van der Waals surface area contributed by atoms with Crippen LogP contribution in [0.3, 0.4) is 0 Å². The van der Waals surface area contributed by atoms with Crippen molar-refractivity contribution in [2.75, 3.05) is 32.6 Å². The van der Waals surface area contributed by atoms with Crippen LogP contribution in [0.25, 0.3) is 0 Å². The van der Waals surface area contributed by atoms with E-state index in [0.717, 1.165) is 16.9 Å². The Morgan fingerprint density at radius 3 is 2.57 bits per heavy atom. The first kappa shape index (κ1) is 24.1. The Morgan fingerprint density at radius 2 is 1.93 bits per heavy atom. The number of carbonyl (C=O) groups excluding carboxylic acids is 3. The minimum absolute atomic E-state index is 0.0391. The van der Waals surface area contributed by atoms with Crippen LogP contribution < -0.4 is 10.6 Å². The molecule has 0 atom stereocenters. The molecule has 0 unspecified atom stereocenters. The maximum atomic E-state index is 12.6. The lowest BCUT2D eigenvalue weighted by Gasteiger charge is -2.17. The van der Waals surface area contributed by atoms with Gasteiger partial charge in [-0.3, -0.25) is 14.5 Å². The molecule has 0 aliphatic heterocycles. The lowest BCUT2D eigenvalue weighted by Crippen LogP contribution is -2.30. The van der Waals surface area contributed by atoms with Gasteiger partial charge in [-0.1, -0.05) is 35.3 Å². The molecule has 0 radical (unpaired) electrons. The molecule has 0 saturated carbocycles. The Kier molecular flexibility index (Phi) is 8.66. The summed E-state index contributed by atoms with van der Waals surface area (Å²) in [6.07, 6.45) is 0. The van der Waals surface area contributed by atoms with Crippen LogP contribution in [0.1, 0.15) is 38.1 Å². The van der Waals surface area contributed by atoms with Gasteiger partial charge in [-0.05, 0) is 38.1 Å². The third-order valence-electron chi connectivity index (χ3n) is 4.20. The molecule has 1 aromatic carbocycles. The zero-order valence-corrected chi connectivity index (χ0v) is 19.4. The van der Waals surface area contributed by atoms with E-state index in [0.29, 0.717) is 27.0 Å². The lowest BCUT2D eigenvalue weighted by molar-refractivity contribution is -0.117. The van der Waals surface area contributed by atoms with Crippen molar-refractivity contribution in [3.63, 3.8) is 0 Å². The minimum atomic E-state index is -0.587. The molecule has 0 aliphatic rings. The van der Waals surface area contributed by atoms with Gasteiger partial charge >= 0.3 is 5.97 Å². The third kappa shape index (κ3) is 5.72. The number of amides is 2. The van der Waals surface area contributed by atoms with E-state index in [2.05, 4.69) is 10.6 Å². The average molecular weight is 472 g/mol. The normalized spacial score (nSPS) is 10.8. The van der Waals surface area contributed by atoms with Gasteiger partial charge in [0.25, 0.3) is 5.91 Å². The molecule has 0 fully saturated rings. The van der Waals surface area contributed by atoms with Crippen molar-refractivity contribution in [1.82, 2.24) is 10.2 Å². The highest BCUT2D eigenvalue weighted by molar-refractivity contribution is 7.18. The first-order valence-electron chi connectivity index (χ1n) is 9.13. The number of anilines is 1. The molecule has 162 valence electrons. The minimum Gasteiger partial charge on any atom is -0.462 e. The molecule has 0 saturated heterocycles. The zero-order chi connectivity index (χ0) is 22.4. The lowest BCUT2D eigenvalue weighted by atomic mass is 10.1. The van der Waals surface area contributed by atoms with Gasteiger partial charge in [0.05, 0.1) is 33.6 Å². The van der Waals surface area contributed by atoms with Crippen molar-refractivity contribution in [3.8, 4) is 0 Å². The summed E-state index contributed by atoms with van der Waals surface area (Å²) in [4.78, 5) is 39.2. The van der Waals surface area contributed by atoms with E-state index >= 15 is 0 Å². The summed E-state index contributed by atoms with van der Waals surface area (Å²) in [5, 5.41) is 6.43. The van der Waals surface area contributed by atoms with Crippen molar-refractivity contribution >= 4 is 57.3 Å². The van der Waals surface area contributed by atoms with E-state index < -0.39 is 5.97 Å². The van der Waals surface area contributed by atoms with Crippen LogP contribution in [0.4, 0.5) is 5.00 Å². The number of benzene rings is 1. The van der Waals surface area contributed by atoms with Crippen LogP contribution in [0.2, 0.25) is 10.0 Å². The second-order valence-corrected chi connectivity index (χ2v) is 8.30. The Labute approximate surface area is 189 Å². The summed E-state index contributed by atoms with van der Waals surface area (Å²) in [6.45, 7) is 3.96. The van der Waals surface area contributed by atoms with Crippen molar-refractivity contribution in [2.45, 2.75) is 20.4 Å². The number of nitrogens with one attached hydrogen (secondary N) is 2. The van der Waals surface area contributed by atoms with Crippen LogP contribution in [0.5, 0.6) is 0 Å². The van der Waals surface area contributed by atoms with Crippen LogP contribution in [-0.2, 0) is 16.1 Å². The summed E-state index contributed by atoms with van der Waals surface area (Å²) in [7, 11) is 3.26. The number of ether oxygens (including phenoxy) is 1. The van der Waals surface area contributed by atoms with Gasteiger partial charge in [0.2, 0.25) is 5.91 Å². The molecule has 1 heterocycles. The molecule has 0 bridgehead atoms. The number of nitrogens with zero attached hydrogens (tertiary/aromatic N) is 1. The molecule has 7 nitrogen and oxygen atoms in total. The highest BCUT2D eigenvalue weighted by atomic mass is 35.5. The summed E-state index contributed by atoms with van der Waals surface area (Å²) >= 11 is 13.3. The van der Waals surface area contributed by atoms with Crippen molar-refractivity contribution < 1.29 is 19.1 Å². The Morgan fingerprint density at radius 1 is 1.23 bits per heavy atom. The first-order valence-corrected chi connectivity index (χ1v) is 10.7. The highest BCUT2D eigenvalue weighted by Crippen LogP contribution is 2.34. The number of rotatable bonds is 8. The molecule has 2 rings (SSSR count). The molecule has 1 aromatic heterocycles. The second kappa shape index (κ2) is 10.8. The van der Waals surface area contributed by atoms with Crippen molar-refractivity contribution in [2.24, 2.45) is 0 Å². The van der Waals surface area contributed by atoms with Crippen LogP contribution in [-0.4, -0.2) is 49.9 Å². The fourth-order valence-corrected chi connectivity index (χ4v) is 4.35. The SMILES string of the molecule is CCOC(=O)c1c(NC(=O)CN(C)Cc2cccc(Cl)c2Cl)sc(C(=O)NC)c1C. The first-order chi connectivity index (χ1) is 14.2. The number of hydrogen-bond acceptors (Lipinski definition) is 6. The number of esters is 1. The standard InChI is InChI=1S/C20H23Cl2N3O4S/c1-5-29-20(28)15-11(2)17(18(27)23-3)30-19(15)24-14(26)10-25(4)9-12-7-6-8-13(21)16(12)22/h6-8H,5,9-10H2,1-4H3,(H,23,27)(H,24,26). The van der Waals surface area contributed by atoms with Crippen LogP contribution in [0.15, 0.2) is 18.2 Å². The number of hydrogen-bond donors (Lipinski definition) is 2. The predicted octanol–water partition coefficient (Wildman–Crippen LogP) is 3.97. The third-order valence-corrected chi connectivity index (χ3v) is 6.26. The van der Waals surface area contributed by atoms with Gasteiger partial charge in [0.1, 0.15) is 5.00 Å². The van der Waals surface area contributed by atoms with E-state index in [9.17, 15) is 14.4 Å². The fourth-order valence-electron chi connectivity index (χ4n) is 2.81. The van der Waals surface area contributed by atoms with Gasteiger partial charge in [0.15, 0.2) is 0 Å². The van der Waals surface area contributed by atoms with Crippen molar-refractivity contribution in [3.05, 3.63) is 49.8 Å². The number of likely N-dealkylation sites (N-methyl/N-ethyl adjacent to an activating group) is 1. The Balaban J connectivity index is 2.17. The van der Waals surface area contributed by atoms with Gasteiger partial charge in [-0.2, -0.15) is 0 Å². The summed E-state index contributed by atoms with van der Waals surface area (Å²) in [6, 6.07) is 5.32. The van der Waals surface area contributed by atoms with E-state index in [-0.39, 0.29) is 35.5 Å². The predicted molar refractivity (Wildman–Crippen MR) is 120 cm³/mol. The number of halogens is 2. The maximum absolute atomic E-state index is 12.6. The maximum Gasteiger partial charge on any atom is 0.341 e. The fraction of sp³-hybridized carbons (Fsp3) is 0.350. The largest absolute Gasteiger partial charge is 0.462 e. The van der Waals surface area contributed by atoms with Gasteiger partial charge in [0, 0.05) is 13.6 Å². The van der Waals surface area contributed by atoms with Crippen molar-refractivity contribution in [1.29, 1.82) is 0 Å². The highest BCUT2D eigenvalue weighted by Gasteiger charge is 2.26. The molecule has 30 heavy (non-hydrogen) atoms. The average Bonchev–Trinajstić information content (AvgIpc) is 3.00. The monoisotopic (exact) mass is 471 g/mol. The van der Waals surface area contributed by atoms with Crippen LogP contribution >= 0.6 is 34.5 Å². The summed E-state index contributed by atoms with van der Waals surface area (Å²) in [5.41, 5.74) is 1.45. The van der Waals surface area contributed by atoms with E-state index in [4.69, 9.17) is 27.9 Å². The zero-order valence-electron chi connectivity index (χ0n) is 17.1. The molecule has 2 amide bonds. The van der Waals surface area contributed by atoms with E-state index in [1.165, 1.54) is 7.05 Å². The summed E-state index contributed by atoms with van der Waals surface area (Å²) < 4.78 is 5.09.